The molecule has 25 heavy (non-hydrogen) atoms. The Hall–Kier alpha value is -2.60. The van der Waals surface area contributed by atoms with E-state index in [1.807, 2.05) is 19.9 Å². The van der Waals surface area contributed by atoms with E-state index in [0.29, 0.717) is 36.3 Å². The number of hydrogen-bond acceptors (Lipinski definition) is 5. The smallest absolute Gasteiger partial charge is 0.339 e. The SMILES string of the molecule is COCCNC(=O)CCc1c(C)c2cc3c(C)coc3cc2oc1=O. The lowest BCUT2D eigenvalue weighted by Crippen LogP contribution is -2.27. The van der Waals surface area contributed by atoms with Gasteiger partial charge in [0.05, 0.1) is 12.9 Å². The average Bonchev–Trinajstić information content (AvgIpc) is 2.94. The second kappa shape index (κ2) is 7.11. The number of nitrogens with one attached hydrogen (secondary N) is 1. The Morgan fingerprint density at radius 1 is 1.20 bits per heavy atom. The molecule has 1 aromatic carbocycles. The lowest BCUT2D eigenvalue weighted by atomic mass is 10.0. The summed E-state index contributed by atoms with van der Waals surface area (Å²) in [5, 5.41) is 4.61. The summed E-state index contributed by atoms with van der Waals surface area (Å²) in [6, 6.07) is 3.72. The molecule has 3 aromatic rings. The highest BCUT2D eigenvalue weighted by atomic mass is 16.5. The number of benzene rings is 1. The van der Waals surface area contributed by atoms with E-state index in [2.05, 4.69) is 5.32 Å². The van der Waals surface area contributed by atoms with Crippen LogP contribution in [0.15, 0.2) is 32.0 Å². The number of aryl methyl sites for hydroxylation is 2. The van der Waals surface area contributed by atoms with Crippen molar-refractivity contribution in [2.24, 2.45) is 0 Å². The van der Waals surface area contributed by atoms with Crippen molar-refractivity contribution in [2.75, 3.05) is 20.3 Å². The van der Waals surface area contributed by atoms with Crippen molar-refractivity contribution >= 4 is 27.8 Å². The van der Waals surface area contributed by atoms with Crippen molar-refractivity contribution < 1.29 is 18.4 Å². The summed E-state index contributed by atoms with van der Waals surface area (Å²) in [5.41, 5.74) is 3.20. The molecule has 0 aliphatic carbocycles. The Kier molecular flexibility index (Phi) is 4.90. The molecule has 2 aromatic heterocycles. The van der Waals surface area contributed by atoms with Gasteiger partial charge in [0, 0.05) is 42.5 Å². The zero-order chi connectivity index (χ0) is 18.0. The first-order valence-corrected chi connectivity index (χ1v) is 8.21. The van der Waals surface area contributed by atoms with E-state index in [-0.39, 0.29) is 12.3 Å². The van der Waals surface area contributed by atoms with Crippen LogP contribution in [-0.4, -0.2) is 26.2 Å². The highest BCUT2D eigenvalue weighted by molar-refractivity contribution is 5.96. The number of furan rings is 1. The minimum absolute atomic E-state index is 0.114. The van der Waals surface area contributed by atoms with Crippen LogP contribution in [0.3, 0.4) is 0 Å². The normalized spacial score (nSPS) is 11.3. The quantitative estimate of drug-likeness (QED) is 0.550. The minimum Gasteiger partial charge on any atom is -0.464 e. The molecule has 132 valence electrons. The maximum atomic E-state index is 12.3. The first-order chi connectivity index (χ1) is 12.0. The fraction of sp³-hybridized carbons (Fsp3) is 0.368. The van der Waals surface area contributed by atoms with Gasteiger partial charge in [0.2, 0.25) is 5.91 Å². The van der Waals surface area contributed by atoms with Crippen LogP contribution in [0, 0.1) is 13.8 Å². The third-order valence-corrected chi connectivity index (χ3v) is 4.41. The summed E-state index contributed by atoms with van der Waals surface area (Å²) in [6.45, 7) is 4.78. The Morgan fingerprint density at radius 3 is 2.76 bits per heavy atom. The third kappa shape index (κ3) is 3.44. The van der Waals surface area contributed by atoms with Gasteiger partial charge in [-0.25, -0.2) is 4.79 Å². The highest BCUT2D eigenvalue weighted by Gasteiger charge is 2.15. The molecule has 0 radical (unpaired) electrons. The molecule has 0 unspecified atom stereocenters. The van der Waals surface area contributed by atoms with Gasteiger partial charge in [0.25, 0.3) is 0 Å². The fourth-order valence-corrected chi connectivity index (χ4v) is 2.95. The van der Waals surface area contributed by atoms with E-state index in [4.69, 9.17) is 13.6 Å². The van der Waals surface area contributed by atoms with Gasteiger partial charge in [-0.15, -0.1) is 0 Å². The van der Waals surface area contributed by atoms with Crippen molar-refractivity contribution in [3.05, 3.63) is 45.5 Å². The summed E-state index contributed by atoms with van der Waals surface area (Å²) in [7, 11) is 1.58. The molecule has 0 atom stereocenters. The Bertz CT molecular complexity index is 983. The van der Waals surface area contributed by atoms with E-state index in [1.54, 1.807) is 19.4 Å². The van der Waals surface area contributed by atoms with E-state index >= 15 is 0 Å². The van der Waals surface area contributed by atoms with Crippen molar-refractivity contribution in [1.82, 2.24) is 5.32 Å². The molecule has 6 nitrogen and oxygen atoms in total. The molecule has 0 saturated carbocycles. The summed E-state index contributed by atoms with van der Waals surface area (Å²) < 4.78 is 15.8. The molecular formula is C19H21NO5. The lowest BCUT2D eigenvalue weighted by molar-refractivity contribution is -0.121. The molecule has 0 bridgehead atoms. The van der Waals surface area contributed by atoms with Crippen molar-refractivity contribution in [2.45, 2.75) is 26.7 Å². The van der Waals surface area contributed by atoms with Crippen LogP contribution in [0.2, 0.25) is 0 Å². The second-order valence-corrected chi connectivity index (χ2v) is 6.10. The van der Waals surface area contributed by atoms with E-state index in [0.717, 1.165) is 21.9 Å². The van der Waals surface area contributed by atoms with Crippen molar-refractivity contribution in [1.29, 1.82) is 0 Å². The molecule has 6 heteroatoms. The molecule has 1 N–H and O–H groups in total. The van der Waals surface area contributed by atoms with Crippen LogP contribution in [0.25, 0.3) is 21.9 Å². The molecule has 2 heterocycles. The van der Waals surface area contributed by atoms with Crippen LogP contribution in [0.4, 0.5) is 0 Å². The molecule has 0 saturated heterocycles. The number of fused-ring (bicyclic) bond motifs is 2. The van der Waals surface area contributed by atoms with Crippen LogP contribution >= 0.6 is 0 Å². The minimum atomic E-state index is -0.405. The van der Waals surface area contributed by atoms with E-state index < -0.39 is 5.63 Å². The lowest BCUT2D eigenvalue weighted by Gasteiger charge is -2.08. The average molecular weight is 343 g/mol. The highest BCUT2D eigenvalue weighted by Crippen LogP contribution is 2.28. The van der Waals surface area contributed by atoms with Crippen molar-refractivity contribution in [3.63, 3.8) is 0 Å². The Balaban J connectivity index is 1.90. The summed E-state index contributed by atoms with van der Waals surface area (Å²) in [4.78, 5) is 24.2. The molecule has 3 rings (SSSR count). The third-order valence-electron chi connectivity index (χ3n) is 4.41. The monoisotopic (exact) mass is 343 g/mol. The maximum absolute atomic E-state index is 12.3. The number of hydrogen-bond donors (Lipinski definition) is 1. The van der Waals surface area contributed by atoms with Gasteiger partial charge in [-0.3, -0.25) is 4.79 Å². The zero-order valence-electron chi connectivity index (χ0n) is 14.6. The van der Waals surface area contributed by atoms with Crippen molar-refractivity contribution in [3.8, 4) is 0 Å². The largest absolute Gasteiger partial charge is 0.464 e. The predicted molar refractivity (Wildman–Crippen MR) is 94.9 cm³/mol. The van der Waals surface area contributed by atoms with Gasteiger partial charge < -0.3 is 18.9 Å². The second-order valence-electron chi connectivity index (χ2n) is 6.10. The standard InChI is InChI=1S/C19H21NO5/c1-11-10-24-16-9-17-15(8-14(11)16)12(2)13(19(22)25-17)4-5-18(21)20-6-7-23-3/h8-10H,4-7H2,1-3H3,(H,20,21). The van der Waals surface area contributed by atoms with Gasteiger partial charge >= 0.3 is 5.63 Å². The van der Waals surface area contributed by atoms with Gasteiger partial charge in [-0.2, -0.15) is 0 Å². The number of carbonyl (C=O) groups is 1. The maximum Gasteiger partial charge on any atom is 0.339 e. The fourth-order valence-electron chi connectivity index (χ4n) is 2.95. The van der Waals surface area contributed by atoms with Gasteiger partial charge in [0.1, 0.15) is 11.2 Å². The molecule has 0 spiro atoms. The van der Waals surface area contributed by atoms with Crippen LogP contribution in [0.5, 0.6) is 0 Å². The predicted octanol–water partition coefficient (Wildman–Crippen LogP) is 2.85. The van der Waals surface area contributed by atoms with Crippen LogP contribution < -0.4 is 10.9 Å². The summed E-state index contributed by atoms with van der Waals surface area (Å²) in [6.07, 6.45) is 2.25. The number of ether oxygens (including phenoxy) is 1. The summed E-state index contributed by atoms with van der Waals surface area (Å²) in [5.74, 6) is -0.114. The number of carbonyl (C=O) groups excluding carboxylic acids is 1. The van der Waals surface area contributed by atoms with Gasteiger partial charge in [-0.1, -0.05) is 0 Å². The number of amides is 1. The molecule has 0 aliphatic rings. The first kappa shape index (κ1) is 17.2. The summed E-state index contributed by atoms with van der Waals surface area (Å²) >= 11 is 0. The van der Waals surface area contributed by atoms with Crippen LogP contribution in [0.1, 0.15) is 23.1 Å². The van der Waals surface area contributed by atoms with Gasteiger partial charge in [0.15, 0.2) is 0 Å². The van der Waals surface area contributed by atoms with E-state index in [1.165, 1.54) is 0 Å². The zero-order valence-corrected chi connectivity index (χ0v) is 14.6. The molecule has 1 amide bonds. The number of methoxy groups -OCH3 is 1. The Morgan fingerprint density at radius 2 is 2.00 bits per heavy atom. The number of rotatable bonds is 6. The molecular weight excluding hydrogens is 322 g/mol. The molecule has 0 fully saturated rings. The van der Waals surface area contributed by atoms with Gasteiger partial charge in [-0.05, 0) is 37.5 Å². The topological polar surface area (TPSA) is 81.7 Å². The van der Waals surface area contributed by atoms with Crippen LogP contribution in [-0.2, 0) is 16.0 Å². The van der Waals surface area contributed by atoms with E-state index in [9.17, 15) is 9.59 Å². The first-order valence-electron chi connectivity index (χ1n) is 8.21. The Labute approximate surface area is 144 Å². The molecule has 0 aliphatic heterocycles.